The van der Waals surface area contributed by atoms with E-state index < -0.39 is 23.9 Å². The standard InChI is InChI=1S/C15H18F6N2O2/c1-3-4-9-25-11-7-5-10(6-8-11)22-12(24)23-13(2,14(16,17)18)15(19,20)21/h5-8H,3-4,9H2,1-2H3,(H2,22,23,24). The molecule has 0 saturated carbocycles. The normalized spacial score (nSPS) is 12.6. The van der Waals surface area contributed by atoms with Crippen molar-refractivity contribution in [3.05, 3.63) is 24.3 Å². The summed E-state index contributed by atoms with van der Waals surface area (Å²) < 4.78 is 81.7. The fraction of sp³-hybridized carbons (Fsp3) is 0.533. The first-order valence-corrected chi connectivity index (χ1v) is 7.36. The van der Waals surface area contributed by atoms with Crippen molar-refractivity contribution in [2.24, 2.45) is 0 Å². The van der Waals surface area contributed by atoms with Gasteiger partial charge in [-0.25, -0.2) is 4.79 Å². The third kappa shape index (κ3) is 5.43. The van der Waals surface area contributed by atoms with E-state index in [0.29, 0.717) is 12.4 Å². The van der Waals surface area contributed by atoms with Crippen molar-refractivity contribution < 1.29 is 35.9 Å². The summed E-state index contributed by atoms with van der Waals surface area (Å²) in [5.74, 6) is 0.467. The number of ether oxygens (including phenoxy) is 1. The van der Waals surface area contributed by atoms with E-state index in [1.165, 1.54) is 24.3 Å². The second-order valence-electron chi connectivity index (χ2n) is 5.43. The van der Waals surface area contributed by atoms with Gasteiger partial charge in [0.15, 0.2) is 0 Å². The molecule has 0 spiro atoms. The Balaban J connectivity index is 2.75. The number of carbonyl (C=O) groups excluding carboxylic acids is 1. The highest BCUT2D eigenvalue weighted by molar-refractivity contribution is 5.90. The largest absolute Gasteiger partial charge is 0.494 e. The Morgan fingerprint density at radius 2 is 1.56 bits per heavy atom. The Morgan fingerprint density at radius 3 is 2.00 bits per heavy atom. The van der Waals surface area contributed by atoms with E-state index in [-0.39, 0.29) is 12.6 Å². The third-order valence-corrected chi connectivity index (χ3v) is 3.38. The van der Waals surface area contributed by atoms with Crippen molar-refractivity contribution in [3.63, 3.8) is 0 Å². The average Bonchev–Trinajstić information content (AvgIpc) is 2.47. The Kier molecular flexibility index (Phi) is 6.55. The highest BCUT2D eigenvalue weighted by atomic mass is 19.4. The number of hydrogen-bond donors (Lipinski definition) is 2. The molecule has 0 fully saturated rings. The molecule has 0 heterocycles. The molecule has 0 saturated heterocycles. The molecule has 1 rings (SSSR count). The van der Waals surface area contributed by atoms with E-state index in [2.05, 4.69) is 0 Å². The van der Waals surface area contributed by atoms with Crippen LogP contribution >= 0.6 is 0 Å². The molecule has 10 heteroatoms. The number of alkyl halides is 6. The SMILES string of the molecule is CCCCOc1ccc(NC(=O)NC(C)(C(F)(F)F)C(F)(F)F)cc1. The number of anilines is 1. The Morgan fingerprint density at radius 1 is 1.04 bits per heavy atom. The maximum Gasteiger partial charge on any atom is 0.420 e. The van der Waals surface area contributed by atoms with Crippen LogP contribution in [0.15, 0.2) is 24.3 Å². The molecule has 0 aliphatic carbocycles. The molecule has 0 bridgehead atoms. The van der Waals surface area contributed by atoms with Gasteiger partial charge in [-0.1, -0.05) is 13.3 Å². The van der Waals surface area contributed by atoms with Crippen molar-refractivity contribution in [1.29, 1.82) is 0 Å². The van der Waals surface area contributed by atoms with Crippen LogP contribution in [0.4, 0.5) is 36.8 Å². The molecule has 2 amide bonds. The lowest BCUT2D eigenvalue weighted by atomic mass is 10.0. The fourth-order valence-electron chi connectivity index (χ4n) is 1.66. The Hall–Kier alpha value is -2.13. The number of unbranched alkanes of at least 4 members (excludes halogenated alkanes) is 1. The molecule has 0 aliphatic rings. The highest BCUT2D eigenvalue weighted by Gasteiger charge is 2.68. The first kappa shape index (κ1) is 20.9. The molecule has 0 aliphatic heterocycles. The quantitative estimate of drug-likeness (QED) is 0.553. The summed E-state index contributed by atoms with van der Waals surface area (Å²) in [6.07, 6.45) is -9.66. The predicted molar refractivity (Wildman–Crippen MR) is 79.5 cm³/mol. The molecular weight excluding hydrogens is 354 g/mol. The van der Waals surface area contributed by atoms with Gasteiger partial charge in [0.05, 0.1) is 6.61 Å². The number of rotatable bonds is 6. The number of amides is 2. The molecular formula is C15H18F6N2O2. The molecule has 142 valence electrons. The van der Waals surface area contributed by atoms with E-state index >= 15 is 0 Å². The second-order valence-corrected chi connectivity index (χ2v) is 5.43. The van der Waals surface area contributed by atoms with Gasteiger partial charge in [-0.2, -0.15) is 26.3 Å². The van der Waals surface area contributed by atoms with Crippen LogP contribution in [-0.2, 0) is 0 Å². The van der Waals surface area contributed by atoms with Crippen LogP contribution in [-0.4, -0.2) is 30.5 Å². The molecule has 0 atom stereocenters. The number of urea groups is 1. The molecule has 0 aromatic heterocycles. The van der Waals surface area contributed by atoms with Gasteiger partial charge >= 0.3 is 18.4 Å². The van der Waals surface area contributed by atoms with Gasteiger partial charge in [-0.3, -0.25) is 0 Å². The molecule has 1 aromatic rings. The molecule has 1 aromatic carbocycles. The maximum atomic E-state index is 12.7. The highest BCUT2D eigenvalue weighted by Crippen LogP contribution is 2.42. The van der Waals surface area contributed by atoms with Crippen LogP contribution in [0.3, 0.4) is 0 Å². The predicted octanol–water partition coefficient (Wildman–Crippen LogP) is 4.87. The second kappa shape index (κ2) is 7.83. The van der Waals surface area contributed by atoms with E-state index in [0.717, 1.165) is 18.2 Å². The van der Waals surface area contributed by atoms with Crippen LogP contribution in [0.5, 0.6) is 5.75 Å². The minimum absolute atomic E-state index is 0.0204. The number of nitrogens with one attached hydrogen (secondary N) is 2. The van der Waals surface area contributed by atoms with Gasteiger partial charge < -0.3 is 15.4 Å². The lowest BCUT2D eigenvalue weighted by Crippen LogP contribution is -2.66. The van der Waals surface area contributed by atoms with E-state index in [4.69, 9.17) is 4.74 Å². The van der Waals surface area contributed by atoms with Gasteiger partial charge in [0, 0.05) is 5.69 Å². The number of hydrogen-bond acceptors (Lipinski definition) is 2. The molecule has 0 radical (unpaired) electrons. The van der Waals surface area contributed by atoms with Crippen molar-refractivity contribution in [3.8, 4) is 5.75 Å². The smallest absolute Gasteiger partial charge is 0.420 e. The lowest BCUT2D eigenvalue weighted by molar-refractivity contribution is -0.297. The van der Waals surface area contributed by atoms with Crippen LogP contribution in [0.2, 0.25) is 0 Å². The topological polar surface area (TPSA) is 50.4 Å². The Bertz CT molecular complexity index is 555. The third-order valence-electron chi connectivity index (χ3n) is 3.38. The van der Waals surface area contributed by atoms with Gasteiger partial charge in [0.2, 0.25) is 5.54 Å². The Labute approximate surface area is 140 Å². The molecule has 0 unspecified atom stereocenters. The zero-order valence-corrected chi connectivity index (χ0v) is 13.5. The summed E-state index contributed by atoms with van der Waals surface area (Å²) in [6.45, 7) is 2.31. The summed E-state index contributed by atoms with van der Waals surface area (Å²) in [4.78, 5) is 11.6. The van der Waals surface area contributed by atoms with Crippen LogP contribution < -0.4 is 15.4 Å². The van der Waals surface area contributed by atoms with Gasteiger partial charge in [-0.15, -0.1) is 0 Å². The first-order chi connectivity index (χ1) is 11.4. The molecule has 25 heavy (non-hydrogen) atoms. The maximum absolute atomic E-state index is 12.7. The van der Waals surface area contributed by atoms with Gasteiger partial charge in [0.25, 0.3) is 0 Å². The van der Waals surface area contributed by atoms with Gasteiger partial charge in [0.1, 0.15) is 5.75 Å². The summed E-state index contributed by atoms with van der Waals surface area (Å²) in [5.41, 5.74) is -4.35. The number of benzene rings is 1. The number of carbonyl (C=O) groups is 1. The zero-order valence-electron chi connectivity index (χ0n) is 13.5. The van der Waals surface area contributed by atoms with Crippen LogP contribution in [0.1, 0.15) is 26.7 Å². The minimum Gasteiger partial charge on any atom is -0.494 e. The fourth-order valence-corrected chi connectivity index (χ4v) is 1.66. The van der Waals surface area contributed by atoms with E-state index in [1.807, 2.05) is 12.2 Å². The summed E-state index contributed by atoms with van der Waals surface area (Å²) in [7, 11) is 0. The number of halogens is 6. The molecule has 4 nitrogen and oxygen atoms in total. The summed E-state index contributed by atoms with van der Waals surface area (Å²) >= 11 is 0. The van der Waals surface area contributed by atoms with Crippen molar-refractivity contribution >= 4 is 11.7 Å². The van der Waals surface area contributed by atoms with E-state index in [9.17, 15) is 31.1 Å². The molecule has 2 N–H and O–H groups in total. The van der Waals surface area contributed by atoms with Crippen molar-refractivity contribution in [1.82, 2.24) is 5.32 Å². The zero-order chi connectivity index (χ0) is 19.3. The van der Waals surface area contributed by atoms with Gasteiger partial charge in [-0.05, 0) is 37.6 Å². The van der Waals surface area contributed by atoms with E-state index in [1.54, 1.807) is 0 Å². The monoisotopic (exact) mass is 372 g/mol. The van der Waals surface area contributed by atoms with Crippen molar-refractivity contribution in [2.45, 2.75) is 44.6 Å². The summed E-state index contributed by atoms with van der Waals surface area (Å²) in [5, 5.41) is 2.88. The average molecular weight is 372 g/mol. The first-order valence-electron chi connectivity index (χ1n) is 7.36. The van der Waals surface area contributed by atoms with Crippen molar-refractivity contribution in [2.75, 3.05) is 11.9 Å². The van der Waals surface area contributed by atoms with Crippen LogP contribution in [0.25, 0.3) is 0 Å². The van der Waals surface area contributed by atoms with Crippen LogP contribution in [0, 0.1) is 0 Å². The minimum atomic E-state index is -5.71. The summed E-state index contributed by atoms with van der Waals surface area (Å²) in [6, 6.07) is 3.87. The lowest BCUT2D eigenvalue weighted by Gasteiger charge is -2.34.